The zero-order chi connectivity index (χ0) is 10.7. The first kappa shape index (κ1) is 17.2. The quantitative estimate of drug-likeness (QED) is 0.321. The van der Waals surface area contributed by atoms with Crippen molar-refractivity contribution >= 4 is 13.9 Å². The summed E-state index contributed by atoms with van der Waals surface area (Å²) in [5.41, 5.74) is 1.41. The summed E-state index contributed by atoms with van der Waals surface area (Å²) in [4.78, 5) is 0. The van der Waals surface area contributed by atoms with Gasteiger partial charge in [-0.2, -0.15) is 22.9 Å². The van der Waals surface area contributed by atoms with Gasteiger partial charge in [0.1, 0.15) is 0 Å². The molecule has 0 aliphatic heterocycles. The van der Waals surface area contributed by atoms with Crippen molar-refractivity contribution in [2.24, 2.45) is 0 Å². The van der Waals surface area contributed by atoms with E-state index >= 15 is 0 Å². The molecule has 0 aliphatic carbocycles. The van der Waals surface area contributed by atoms with E-state index in [0.29, 0.717) is 0 Å². The summed E-state index contributed by atoms with van der Waals surface area (Å²) in [7, 11) is 1.36. The first-order valence-corrected chi connectivity index (χ1v) is 6.08. The number of benzene rings is 1. The van der Waals surface area contributed by atoms with Crippen LogP contribution in [-0.2, 0) is 5.16 Å². The van der Waals surface area contributed by atoms with Crippen molar-refractivity contribution in [3.63, 3.8) is 0 Å². The van der Waals surface area contributed by atoms with Gasteiger partial charge >= 0.3 is 37.7 Å². The molecule has 0 aromatic heterocycles. The van der Waals surface area contributed by atoms with Gasteiger partial charge in [0.25, 0.3) is 0 Å². The van der Waals surface area contributed by atoms with Crippen LogP contribution in [0.1, 0.15) is 19.4 Å². The van der Waals surface area contributed by atoms with Gasteiger partial charge < -0.3 is 8.58 Å². The molecule has 0 atom stereocenters. The first-order valence-electron chi connectivity index (χ1n) is 5.19. The van der Waals surface area contributed by atoms with E-state index in [1.165, 1.54) is 19.4 Å². The number of hydrogen-bond donors (Lipinski definition) is 0. The topological polar surface area (TPSA) is 0 Å². The third-order valence-corrected chi connectivity index (χ3v) is 3.91. The second-order valence-electron chi connectivity index (χ2n) is 4.18. The Morgan fingerprint density at radius 2 is 1.41 bits per heavy atom. The minimum Gasteiger partial charge on any atom is -0.508 e. The van der Waals surface area contributed by atoms with Gasteiger partial charge in [0.05, 0.1) is 0 Å². The van der Waals surface area contributed by atoms with Crippen LogP contribution in [0.4, 0.5) is 0 Å². The molecule has 0 saturated heterocycles. The van der Waals surface area contributed by atoms with Crippen LogP contribution in [0.2, 0.25) is 0 Å². The molecule has 0 radical (unpaired) electrons. The second-order valence-corrected chi connectivity index (χ2v) is 6.04. The SMILES string of the molecule is CC(C)([P-]c1ccccc1)[c-]1cccc1.[Li+].[Li+]. The van der Waals surface area contributed by atoms with E-state index in [0.717, 1.165) is 0 Å². The molecular formula is C14H15Li2P. The predicted molar refractivity (Wildman–Crippen MR) is 68.1 cm³/mol. The van der Waals surface area contributed by atoms with Crippen LogP contribution in [0.3, 0.4) is 0 Å². The molecule has 0 bridgehead atoms. The maximum absolute atomic E-state index is 2.29. The maximum Gasteiger partial charge on any atom is 1.00 e. The van der Waals surface area contributed by atoms with Crippen molar-refractivity contribution in [2.75, 3.05) is 0 Å². The van der Waals surface area contributed by atoms with Crippen LogP contribution in [0.15, 0.2) is 54.6 Å². The van der Waals surface area contributed by atoms with Gasteiger partial charge in [0.15, 0.2) is 0 Å². The van der Waals surface area contributed by atoms with Crippen LogP contribution in [-0.4, -0.2) is 0 Å². The molecule has 0 amide bonds. The van der Waals surface area contributed by atoms with E-state index < -0.39 is 0 Å². The van der Waals surface area contributed by atoms with Gasteiger partial charge in [-0.05, 0) is 0 Å². The molecule has 3 heteroatoms. The molecule has 2 aromatic rings. The van der Waals surface area contributed by atoms with Gasteiger partial charge in [-0.25, -0.2) is 17.4 Å². The summed E-state index contributed by atoms with van der Waals surface area (Å²) in [5, 5.41) is 1.58. The summed E-state index contributed by atoms with van der Waals surface area (Å²) in [6, 6.07) is 19.3. The Hall–Kier alpha value is 0.195. The monoisotopic (exact) mass is 228 g/mol. The first-order chi connectivity index (χ1) is 7.18. The Labute approximate surface area is 130 Å². The van der Waals surface area contributed by atoms with E-state index in [1.807, 2.05) is 0 Å². The third kappa shape index (κ3) is 4.76. The van der Waals surface area contributed by atoms with Gasteiger partial charge in [0.2, 0.25) is 0 Å². The van der Waals surface area contributed by atoms with Crippen LogP contribution < -0.4 is 43.0 Å². The molecule has 2 aromatic carbocycles. The van der Waals surface area contributed by atoms with Gasteiger partial charge in [-0.3, -0.25) is 0 Å². The zero-order valence-corrected chi connectivity index (χ0v) is 12.0. The molecule has 0 N–H and O–H groups in total. The van der Waals surface area contributed by atoms with Crippen molar-refractivity contribution < 1.29 is 37.7 Å². The average molecular weight is 228 g/mol. The maximum atomic E-state index is 2.29. The fraction of sp³-hybridized carbons (Fsp3) is 0.214. The molecule has 0 saturated carbocycles. The molecule has 0 heterocycles. The Morgan fingerprint density at radius 1 is 0.882 bits per heavy atom. The molecule has 2 rings (SSSR count). The standard InChI is InChI=1S/C14H15P.2Li/c1-14(2,12-8-6-7-9-12)15-13-10-4-3-5-11-13;;/h3-11H,1-2H3;;/q-2;2*+1. The van der Waals surface area contributed by atoms with Crippen molar-refractivity contribution in [1.82, 2.24) is 0 Å². The van der Waals surface area contributed by atoms with Gasteiger partial charge in [0, 0.05) is 0 Å². The minimum absolute atomic E-state index is 0. The molecule has 17 heavy (non-hydrogen) atoms. The van der Waals surface area contributed by atoms with Crippen molar-refractivity contribution in [2.45, 2.75) is 19.0 Å². The van der Waals surface area contributed by atoms with Crippen LogP contribution in [0.5, 0.6) is 0 Å². The third-order valence-electron chi connectivity index (χ3n) is 2.53. The van der Waals surface area contributed by atoms with E-state index in [1.54, 1.807) is 0 Å². The summed E-state index contributed by atoms with van der Waals surface area (Å²) >= 11 is 0. The van der Waals surface area contributed by atoms with Crippen molar-refractivity contribution in [3.8, 4) is 0 Å². The molecule has 78 valence electrons. The van der Waals surface area contributed by atoms with Crippen LogP contribution in [0, 0.1) is 0 Å². The average Bonchev–Trinajstić information content (AvgIpc) is 2.71. The Kier molecular flexibility index (Phi) is 7.68. The predicted octanol–water partition coefficient (Wildman–Crippen LogP) is -2.08. The largest absolute Gasteiger partial charge is 1.00 e. The molecule has 0 aliphatic rings. The van der Waals surface area contributed by atoms with E-state index in [-0.39, 0.29) is 42.9 Å². The second kappa shape index (κ2) is 7.59. The molecule has 0 spiro atoms. The Bertz CT molecular complexity index is 407. The fourth-order valence-corrected chi connectivity index (χ4v) is 2.92. The van der Waals surface area contributed by atoms with Crippen molar-refractivity contribution in [1.29, 1.82) is 0 Å². The van der Waals surface area contributed by atoms with E-state index in [9.17, 15) is 0 Å². The minimum atomic E-state index is 0. The summed E-state index contributed by atoms with van der Waals surface area (Å²) in [6.07, 6.45) is 0. The Morgan fingerprint density at radius 3 is 1.94 bits per heavy atom. The molecule has 0 fully saturated rings. The van der Waals surface area contributed by atoms with Gasteiger partial charge in [-0.15, -0.1) is 0 Å². The normalized spacial score (nSPS) is 10.9. The number of rotatable bonds is 3. The van der Waals surface area contributed by atoms with E-state index in [2.05, 4.69) is 68.4 Å². The summed E-state index contributed by atoms with van der Waals surface area (Å²) in [6.45, 7) is 4.58. The summed E-state index contributed by atoms with van der Waals surface area (Å²) in [5.74, 6) is 0. The summed E-state index contributed by atoms with van der Waals surface area (Å²) < 4.78 is 0. The van der Waals surface area contributed by atoms with Crippen molar-refractivity contribution in [3.05, 3.63) is 60.2 Å². The van der Waals surface area contributed by atoms with Crippen LogP contribution >= 0.6 is 8.58 Å². The van der Waals surface area contributed by atoms with E-state index in [4.69, 9.17) is 0 Å². The molecule has 0 unspecified atom stereocenters. The van der Waals surface area contributed by atoms with Crippen LogP contribution in [0.25, 0.3) is 0 Å². The molecular weight excluding hydrogens is 213 g/mol. The fourth-order valence-electron chi connectivity index (χ4n) is 1.67. The zero-order valence-electron chi connectivity index (χ0n) is 11.1. The van der Waals surface area contributed by atoms with Gasteiger partial charge in [-0.1, -0.05) is 44.2 Å². The molecule has 0 nitrogen and oxygen atoms in total. The smallest absolute Gasteiger partial charge is 0.508 e. The Balaban J connectivity index is 0.00000128. The number of hydrogen-bond acceptors (Lipinski definition) is 0.